The smallest absolute Gasteiger partial charge is 0.310 e. The van der Waals surface area contributed by atoms with Gasteiger partial charge in [-0.15, -0.1) is 0 Å². The maximum atomic E-state index is 13.4. The van der Waals surface area contributed by atoms with Crippen molar-refractivity contribution in [2.45, 2.75) is 65.3 Å². The molecule has 0 spiro atoms. The summed E-state index contributed by atoms with van der Waals surface area (Å²) in [4.78, 5) is 49.5. The van der Waals surface area contributed by atoms with E-state index in [2.05, 4.69) is 0 Å². The fraction of sp³-hybridized carbons (Fsp3) is 0.615. The molecule has 10 heteroatoms. The highest BCUT2D eigenvalue weighted by Crippen LogP contribution is 2.66. The van der Waals surface area contributed by atoms with E-state index in [0.29, 0.717) is 18.4 Å². The van der Waals surface area contributed by atoms with Crippen molar-refractivity contribution < 1.29 is 47.6 Å². The Labute approximate surface area is 208 Å². The molecule has 0 radical (unpaired) electrons. The summed E-state index contributed by atoms with van der Waals surface area (Å²) in [6.07, 6.45) is 3.31. The number of ether oxygens (including phenoxy) is 4. The topological polar surface area (TPSA) is 139 Å². The molecule has 0 amide bonds. The molecular weight excluding hydrogens is 472 g/mol. The minimum absolute atomic E-state index is 0.0904. The zero-order chi connectivity index (χ0) is 26.3. The molecule has 7 atom stereocenters. The van der Waals surface area contributed by atoms with Gasteiger partial charge in [0.2, 0.25) is 0 Å². The van der Waals surface area contributed by atoms with Crippen LogP contribution in [-0.4, -0.2) is 54.4 Å². The molecule has 1 aromatic heterocycles. The first-order valence-corrected chi connectivity index (χ1v) is 12.1. The van der Waals surface area contributed by atoms with Crippen LogP contribution < -0.4 is 0 Å². The van der Waals surface area contributed by atoms with Crippen LogP contribution in [0.25, 0.3) is 0 Å². The van der Waals surface area contributed by atoms with Crippen LogP contribution >= 0.6 is 0 Å². The molecule has 1 saturated heterocycles. The van der Waals surface area contributed by atoms with E-state index in [1.165, 1.54) is 33.3 Å². The number of esters is 3. The number of carboxylic acids is 1. The van der Waals surface area contributed by atoms with Crippen molar-refractivity contribution in [1.29, 1.82) is 0 Å². The van der Waals surface area contributed by atoms with Crippen LogP contribution in [0.2, 0.25) is 0 Å². The van der Waals surface area contributed by atoms with Crippen LogP contribution in [0.4, 0.5) is 0 Å². The lowest BCUT2D eigenvalue weighted by molar-refractivity contribution is -0.229. The molecule has 1 N–H and O–H groups in total. The van der Waals surface area contributed by atoms with Gasteiger partial charge in [-0.1, -0.05) is 13.0 Å². The first-order valence-electron chi connectivity index (χ1n) is 12.1. The number of carbonyl (C=O) groups is 4. The number of furan rings is 1. The molecule has 0 bridgehead atoms. The highest BCUT2D eigenvalue weighted by molar-refractivity contribution is 5.77. The summed E-state index contributed by atoms with van der Waals surface area (Å²) >= 11 is 0. The Morgan fingerprint density at radius 1 is 1.17 bits per heavy atom. The number of hydrogen-bond acceptors (Lipinski definition) is 9. The van der Waals surface area contributed by atoms with Crippen molar-refractivity contribution in [2.24, 2.45) is 22.7 Å². The summed E-state index contributed by atoms with van der Waals surface area (Å²) in [7, 11) is 0. The van der Waals surface area contributed by atoms with Crippen molar-refractivity contribution in [2.75, 3.05) is 13.2 Å². The van der Waals surface area contributed by atoms with Crippen LogP contribution in [0.1, 0.15) is 58.6 Å². The zero-order valence-electron chi connectivity index (χ0n) is 20.9. The first kappa shape index (κ1) is 25.9. The number of allylic oxidation sites excluding steroid dienone is 1. The third-order valence-electron chi connectivity index (χ3n) is 8.18. The molecule has 10 nitrogen and oxygen atoms in total. The summed E-state index contributed by atoms with van der Waals surface area (Å²) in [5.74, 6) is -4.03. The third kappa shape index (κ3) is 4.11. The van der Waals surface area contributed by atoms with Crippen molar-refractivity contribution in [1.82, 2.24) is 0 Å². The number of rotatable bonds is 8. The lowest BCUT2D eigenvalue weighted by Gasteiger charge is -2.60. The van der Waals surface area contributed by atoms with Gasteiger partial charge in [-0.3, -0.25) is 19.2 Å². The van der Waals surface area contributed by atoms with Gasteiger partial charge < -0.3 is 28.5 Å². The highest BCUT2D eigenvalue weighted by Gasteiger charge is 2.72. The molecule has 2 unspecified atom stereocenters. The third-order valence-corrected chi connectivity index (χ3v) is 8.18. The van der Waals surface area contributed by atoms with E-state index in [1.54, 1.807) is 13.0 Å². The van der Waals surface area contributed by atoms with Gasteiger partial charge in [-0.05, 0) is 30.4 Å². The number of carboxylic acid groups (broad SMARTS) is 1. The van der Waals surface area contributed by atoms with E-state index >= 15 is 0 Å². The lowest BCUT2D eigenvalue weighted by Crippen LogP contribution is -2.68. The van der Waals surface area contributed by atoms with Crippen LogP contribution in [0, 0.1) is 22.7 Å². The maximum Gasteiger partial charge on any atom is 0.310 e. The molecule has 1 aromatic rings. The highest BCUT2D eigenvalue weighted by atomic mass is 16.6. The summed E-state index contributed by atoms with van der Waals surface area (Å²) in [6, 6.07) is 1.63. The average molecular weight is 505 g/mol. The molecule has 0 aromatic carbocycles. The van der Waals surface area contributed by atoms with Gasteiger partial charge in [0.25, 0.3) is 0 Å². The van der Waals surface area contributed by atoms with Gasteiger partial charge >= 0.3 is 23.9 Å². The fourth-order valence-corrected chi connectivity index (χ4v) is 6.78. The second-order valence-corrected chi connectivity index (χ2v) is 9.98. The zero-order valence-corrected chi connectivity index (χ0v) is 20.9. The van der Waals surface area contributed by atoms with Gasteiger partial charge in [0.15, 0.2) is 0 Å². The van der Waals surface area contributed by atoms with Crippen LogP contribution in [0.5, 0.6) is 0 Å². The Balaban J connectivity index is 1.91. The van der Waals surface area contributed by atoms with E-state index in [9.17, 15) is 24.3 Å². The summed E-state index contributed by atoms with van der Waals surface area (Å²) in [5.41, 5.74) is -1.17. The van der Waals surface area contributed by atoms with E-state index < -0.39 is 64.9 Å². The average Bonchev–Trinajstić information content (AvgIpc) is 3.46. The molecule has 196 valence electrons. The largest absolute Gasteiger partial charge is 0.481 e. The van der Waals surface area contributed by atoms with Gasteiger partial charge in [-0.2, -0.15) is 0 Å². The molecule has 2 aliphatic carbocycles. The van der Waals surface area contributed by atoms with Crippen LogP contribution in [0.15, 0.2) is 34.7 Å². The first-order chi connectivity index (χ1) is 17.0. The number of aliphatic carboxylic acids is 1. The van der Waals surface area contributed by atoms with Gasteiger partial charge in [0.05, 0.1) is 30.0 Å². The molecule has 2 fully saturated rings. The van der Waals surface area contributed by atoms with Crippen molar-refractivity contribution in [3.05, 3.63) is 35.8 Å². The van der Waals surface area contributed by atoms with Crippen molar-refractivity contribution >= 4 is 23.9 Å². The van der Waals surface area contributed by atoms with Gasteiger partial charge in [-0.25, -0.2) is 0 Å². The predicted octanol–water partition coefficient (Wildman–Crippen LogP) is 3.21. The Morgan fingerprint density at radius 2 is 1.92 bits per heavy atom. The Hall–Kier alpha value is -3.14. The lowest BCUT2D eigenvalue weighted by atomic mass is 9.44. The standard InChI is InChI=1S/C26H32O10/c1-14-22(36-17(4)29)23-26(13-34-15(2)27)19(12-33-23)6-5-7-21(26)25(14,24(30)31)10-20(35-16(3)28)18-8-9-32-11-18/h6,8-9,11,14,20-23H,5,7,10,12-13H2,1-4H3,(H,30,31)/t14-,20?,21-,22-,23?,25-,26+/m1/s1. The minimum atomic E-state index is -1.53. The summed E-state index contributed by atoms with van der Waals surface area (Å²) in [6.45, 7) is 5.67. The molecule has 3 aliphatic rings. The SMILES string of the molecule is CC(=O)OC[C@]12C3=CCC[C@@H]1[C@](CC(OC(C)=O)c1ccoc1)(C(=O)O)[C@H](C)[C@@H](OC(C)=O)C2OC3. The minimum Gasteiger partial charge on any atom is -0.481 e. The second kappa shape index (κ2) is 9.72. The molecular formula is C26H32O10. The fourth-order valence-electron chi connectivity index (χ4n) is 6.78. The van der Waals surface area contributed by atoms with E-state index in [4.69, 9.17) is 23.4 Å². The molecule has 36 heavy (non-hydrogen) atoms. The summed E-state index contributed by atoms with van der Waals surface area (Å²) < 4.78 is 28.3. The van der Waals surface area contributed by atoms with Crippen molar-refractivity contribution in [3.8, 4) is 0 Å². The quantitative estimate of drug-likeness (QED) is 0.319. The second-order valence-electron chi connectivity index (χ2n) is 9.98. The van der Waals surface area contributed by atoms with Crippen LogP contribution in [0.3, 0.4) is 0 Å². The molecule has 4 rings (SSSR count). The van der Waals surface area contributed by atoms with E-state index in [1.807, 2.05) is 6.08 Å². The predicted molar refractivity (Wildman–Crippen MR) is 122 cm³/mol. The number of carbonyl (C=O) groups excluding carboxylic acids is 3. The number of hydrogen-bond donors (Lipinski definition) is 1. The van der Waals surface area contributed by atoms with E-state index in [0.717, 1.165) is 5.57 Å². The maximum absolute atomic E-state index is 13.4. The Bertz CT molecular complexity index is 1060. The summed E-state index contributed by atoms with van der Waals surface area (Å²) in [5, 5.41) is 10.9. The van der Waals surface area contributed by atoms with E-state index in [-0.39, 0.29) is 19.6 Å². The van der Waals surface area contributed by atoms with Crippen molar-refractivity contribution in [3.63, 3.8) is 0 Å². The Kier molecular flexibility index (Phi) is 7.01. The molecule has 2 heterocycles. The normalized spacial score (nSPS) is 33.6. The Morgan fingerprint density at radius 3 is 2.50 bits per heavy atom. The van der Waals surface area contributed by atoms with Gasteiger partial charge in [0, 0.05) is 38.7 Å². The molecule has 1 saturated carbocycles. The van der Waals surface area contributed by atoms with Crippen LogP contribution in [-0.2, 0) is 38.1 Å². The monoisotopic (exact) mass is 504 g/mol. The molecule has 1 aliphatic heterocycles. The van der Waals surface area contributed by atoms with Gasteiger partial charge in [0.1, 0.15) is 24.9 Å².